The molecule has 0 fully saturated rings. The van der Waals surface area contributed by atoms with Crippen LogP contribution in [0.15, 0.2) is 36.4 Å². The van der Waals surface area contributed by atoms with E-state index in [9.17, 15) is 9.90 Å². The number of hydrogen-bond donors (Lipinski definition) is 2. The third-order valence-electron chi connectivity index (χ3n) is 3.28. The molecule has 0 bridgehead atoms. The summed E-state index contributed by atoms with van der Waals surface area (Å²) in [5, 5.41) is 17.1. The molecule has 5 nitrogen and oxygen atoms in total. The van der Waals surface area contributed by atoms with Crippen molar-refractivity contribution in [3.05, 3.63) is 61.8 Å². The van der Waals surface area contributed by atoms with Crippen molar-refractivity contribution < 1.29 is 9.90 Å². The maximum atomic E-state index is 11.3. The number of H-pyrrole nitrogens is 1. The minimum Gasteiger partial charge on any atom is -0.478 e. The summed E-state index contributed by atoms with van der Waals surface area (Å²) in [4.78, 5) is 11.3. The summed E-state index contributed by atoms with van der Waals surface area (Å²) >= 11 is 23.3. The second kappa shape index (κ2) is 6.57. The fourth-order valence-electron chi connectivity index (χ4n) is 2.20. The van der Waals surface area contributed by atoms with Gasteiger partial charge in [-0.25, -0.2) is 4.79 Å². The molecule has 0 aliphatic rings. The van der Waals surface area contributed by atoms with Gasteiger partial charge in [0.1, 0.15) is 0 Å². The van der Waals surface area contributed by atoms with Gasteiger partial charge < -0.3 is 5.11 Å². The number of nitrogens with zero attached hydrogens (tertiary/aromatic N) is 2. The molecule has 0 amide bonds. The van der Waals surface area contributed by atoms with Crippen molar-refractivity contribution in [2.24, 2.45) is 0 Å². The highest BCUT2D eigenvalue weighted by Crippen LogP contribution is 2.31. The van der Waals surface area contributed by atoms with Crippen LogP contribution in [-0.4, -0.2) is 25.8 Å². The molecule has 0 saturated carbocycles. The average molecular weight is 401 g/mol. The molecule has 0 spiro atoms. The van der Waals surface area contributed by atoms with Crippen LogP contribution in [0.1, 0.15) is 10.4 Å². The van der Waals surface area contributed by atoms with Crippen molar-refractivity contribution in [1.29, 1.82) is 0 Å². The molecule has 3 aromatic rings. The molecule has 0 aliphatic heterocycles. The van der Waals surface area contributed by atoms with E-state index in [1.165, 1.54) is 12.1 Å². The fraction of sp³-hybridized carbons (Fsp3) is 0. The standard InChI is InChI=1S/C15H8Cl3N3O2S/c16-7-1-3-9(12(18)5-7)13-19-20-15(24)21(13)8-2-4-11(17)10(6-8)14(22)23/h1-6H,(H,20,24)(H,22,23). The Labute approximate surface area is 156 Å². The number of halogens is 3. The zero-order valence-corrected chi connectivity index (χ0v) is 14.8. The first-order valence-corrected chi connectivity index (χ1v) is 8.09. The summed E-state index contributed by atoms with van der Waals surface area (Å²) in [5.41, 5.74) is 1.06. The lowest BCUT2D eigenvalue weighted by Gasteiger charge is -2.10. The zero-order valence-electron chi connectivity index (χ0n) is 11.8. The number of rotatable bonds is 3. The molecular weight excluding hydrogens is 393 g/mol. The summed E-state index contributed by atoms with van der Waals surface area (Å²) < 4.78 is 1.86. The molecule has 2 aromatic carbocycles. The van der Waals surface area contributed by atoms with Crippen molar-refractivity contribution >= 4 is 53.0 Å². The Morgan fingerprint density at radius 2 is 1.88 bits per heavy atom. The van der Waals surface area contributed by atoms with Crippen LogP contribution in [0.2, 0.25) is 15.1 Å². The van der Waals surface area contributed by atoms with Crippen LogP contribution >= 0.6 is 47.0 Å². The molecule has 2 N–H and O–H groups in total. The van der Waals surface area contributed by atoms with Crippen LogP contribution < -0.4 is 0 Å². The molecule has 9 heteroatoms. The van der Waals surface area contributed by atoms with Gasteiger partial charge in [-0.1, -0.05) is 34.8 Å². The number of benzene rings is 2. The molecule has 0 radical (unpaired) electrons. The number of aromatic carboxylic acids is 1. The Kier molecular flexibility index (Phi) is 4.64. The molecule has 0 atom stereocenters. The molecule has 1 aromatic heterocycles. The topological polar surface area (TPSA) is 70.9 Å². The molecule has 0 saturated heterocycles. The molecule has 24 heavy (non-hydrogen) atoms. The summed E-state index contributed by atoms with van der Waals surface area (Å²) in [7, 11) is 0. The predicted molar refractivity (Wildman–Crippen MR) is 96.2 cm³/mol. The van der Waals surface area contributed by atoms with Crippen LogP contribution in [0.5, 0.6) is 0 Å². The van der Waals surface area contributed by atoms with E-state index in [1.807, 2.05) is 0 Å². The van der Waals surface area contributed by atoms with Crippen LogP contribution in [0.4, 0.5) is 0 Å². The van der Waals surface area contributed by atoms with Crippen molar-refractivity contribution in [3.63, 3.8) is 0 Å². The van der Waals surface area contributed by atoms with Crippen LogP contribution in [0, 0.1) is 4.77 Å². The number of carboxylic acid groups (broad SMARTS) is 1. The fourth-order valence-corrected chi connectivity index (χ4v) is 3.13. The first-order valence-electron chi connectivity index (χ1n) is 6.54. The van der Waals surface area contributed by atoms with E-state index in [0.29, 0.717) is 27.1 Å². The Hall–Kier alpha value is -1.86. The van der Waals surface area contributed by atoms with E-state index >= 15 is 0 Å². The van der Waals surface area contributed by atoms with Crippen LogP contribution in [0.25, 0.3) is 17.1 Å². The lowest BCUT2D eigenvalue weighted by molar-refractivity contribution is 0.0697. The third kappa shape index (κ3) is 3.06. The second-order valence-electron chi connectivity index (χ2n) is 4.78. The molecule has 3 rings (SSSR count). The Morgan fingerprint density at radius 3 is 2.54 bits per heavy atom. The highest BCUT2D eigenvalue weighted by atomic mass is 35.5. The largest absolute Gasteiger partial charge is 0.478 e. The quantitative estimate of drug-likeness (QED) is 0.589. The smallest absolute Gasteiger partial charge is 0.337 e. The van der Waals surface area contributed by atoms with E-state index in [-0.39, 0.29) is 15.4 Å². The van der Waals surface area contributed by atoms with Gasteiger partial charge >= 0.3 is 5.97 Å². The predicted octanol–water partition coefficient (Wildman–Crippen LogP) is 5.26. The highest BCUT2D eigenvalue weighted by molar-refractivity contribution is 7.71. The zero-order chi connectivity index (χ0) is 17.4. The maximum absolute atomic E-state index is 11.3. The Balaban J connectivity index is 2.24. The van der Waals surface area contributed by atoms with Crippen molar-refractivity contribution in [2.45, 2.75) is 0 Å². The SMILES string of the molecule is O=C(O)c1cc(-n2c(-c3ccc(Cl)cc3Cl)n[nH]c2=S)ccc1Cl. The lowest BCUT2D eigenvalue weighted by Crippen LogP contribution is -2.03. The molecule has 0 aliphatic carbocycles. The number of carbonyl (C=O) groups is 1. The first-order chi connectivity index (χ1) is 11.4. The number of nitrogens with one attached hydrogen (secondary N) is 1. The normalized spacial score (nSPS) is 10.8. The van der Waals surface area contributed by atoms with Gasteiger partial charge in [-0.15, -0.1) is 0 Å². The van der Waals surface area contributed by atoms with Crippen LogP contribution in [-0.2, 0) is 0 Å². The van der Waals surface area contributed by atoms with E-state index in [1.54, 1.807) is 28.8 Å². The molecule has 1 heterocycles. The number of aromatic amines is 1. The van der Waals surface area contributed by atoms with Gasteiger partial charge in [-0.3, -0.25) is 9.67 Å². The minimum absolute atomic E-state index is 0.0366. The van der Waals surface area contributed by atoms with E-state index in [0.717, 1.165) is 0 Å². The minimum atomic E-state index is -1.14. The number of carboxylic acids is 1. The van der Waals surface area contributed by atoms with E-state index < -0.39 is 5.97 Å². The first kappa shape index (κ1) is 17.0. The summed E-state index contributed by atoms with van der Waals surface area (Å²) in [6.45, 7) is 0. The number of hydrogen-bond acceptors (Lipinski definition) is 3. The van der Waals surface area contributed by atoms with E-state index in [4.69, 9.17) is 47.0 Å². The molecule has 122 valence electrons. The van der Waals surface area contributed by atoms with Gasteiger partial charge in [0.15, 0.2) is 10.6 Å². The van der Waals surface area contributed by atoms with Gasteiger partial charge in [-0.2, -0.15) is 5.10 Å². The Morgan fingerprint density at radius 1 is 1.12 bits per heavy atom. The van der Waals surface area contributed by atoms with Gasteiger partial charge in [-0.05, 0) is 48.6 Å². The highest BCUT2D eigenvalue weighted by Gasteiger charge is 2.16. The van der Waals surface area contributed by atoms with Gasteiger partial charge in [0.05, 0.1) is 21.3 Å². The van der Waals surface area contributed by atoms with Gasteiger partial charge in [0.2, 0.25) is 0 Å². The number of aromatic nitrogens is 3. The van der Waals surface area contributed by atoms with Crippen molar-refractivity contribution in [2.75, 3.05) is 0 Å². The third-order valence-corrected chi connectivity index (χ3v) is 4.43. The summed E-state index contributed by atoms with van der Waals surface area (Å²) in [6.07, 6.45) is 0. The average Bonchev–Trinajstić information content (AvgIpc) is 2.89. The van der Waals surface area contributed by atoms with Gasteiger partial charge in [0.25, 0.3) is 0 Å². The van der Waals surface area contributed by atoms with Crippen LogP contribution in [0.3, 0.4) is 0 Å². The second-order valence-corrected chi connectivity index (χ2v) is 6.42. The van der Waals surface area contributed by atoms with Crippen molar-refractivity contribution in [1.82, 2.24) is 14.8 Å². The maximum Gasteiger partial charge on any atom is 0.337 e. The monoisotopic (exact) mass is 399 g/mol. The summed E-state index contributed by atoms with van der Waals surface area (Å²) in [6, 6.07) is 9.53. The van der Waals surface area contributed by atoms with Gasteiger partial charge in [0, 0.05) is 10.6 Å². The lowest BCUT2D eigenvalue weighted by atomic mass is 10.1. The summed E-state index contributed by atoms with van der Waals surface area (Å²) in [5.74, 6) is -0.705. The van der Waals surface area contributed by atoms with E-state index in [2.05, 4.69) is 10.2 Å². The molecule has 0 unspecified atom stereocenters. The van der Waals surface area contributed by atoms with Crippen molar-refractivity contribution in [3.8, 4) is 17.1 Å². The molecular formula is C15H8Cl3N3O2S. The Bertz CT molecular complexity index is 1010.